The van der Waals surface area contributed by atoms with Crippen LogP contribution in [0.2, 0.25) is 0 Å². The Hall–Kier alpha value is -2.00. The van der Waals surface area contributed by atoms with E-state index in [9.17, 15) is 9.59 Å². The van der Waals surface area contributed by atoms with Gasteiger partial charge in [-0.3, -0.25) is 4.79 Å². The Morgan fingerprint density at radius 1 is 1.32 bits per heavy atom. The molecule has 9 heteroatoms. The fourth-order valence-electron chi connectivity index (χ4n) is 2.51. The number of hydrogen-bond donors (Lipinski definition) is 1. The van der Waals surface area contributed by atoms with E-state index in [1.807, 2.05) is 24.3 Å². The summed E-state index contributed by atoms with van der Waals surface area (Å²) in [7, 11) is 1.52. The van der Waals surface area contributed by atoms with E-state index >= 15 is 0 Å². The molecule has 0 spiro atoms. The zero-order valence-corrected chi connectivity index (χ0v) is 18.2. The van der Waals surface area contributed by atoms with Crippen molar-refractivity contribution in [2.75, 3.05) is 20.3 Å². The molecule has 0 unspecified atom stereocenters. The minimum absolute atomic E-state index is 0.139. The first-order valence-electron chi connectivity index (χ1n) is 8.23. The van der Waals surface area contributed by atoms with Crippen LogP contribution in [0.4, 0.5) is 0 Å². The molecular formula is C19H16BrClN2O4S. The summed E-state index contributed by atoms with van der Waals surface area (Å²) in [4.78, 5) is 32.7. The van der Waals surface area contributed by atoms with Crippen molar-refractivity contribution < 1.29 is 14.3 Å². The highest BCUT2D eigenvalue weighted by Gasteiger charge is 2.20. The minimum atomic E-state index is -0.505. The fourth-order valence-corrected chi connectivity index (χ4v) is 4.06. The predicted molar refractivity (Wildman–Crippen MR) is 115 cm³/mol. The molecule has 2 aromatic heterocycles. The number of aromatic nitrogens is 2. The van der Waals surface area contributed by atoms with E-state index in [2.05, 4.69) is 25.9 Å². The van der Waals surface area contributed by atoms with Crippen LogP contribution in [0, 0.1) is 6.92 Å². The Bertz CT molecular complexity index is 1110. The Labute approximate surface area is 178 Å². The number of ether oxygens (including phenoxy) is 2. The predicted octanol–water partition coefficient (Wildman–Crippen LogP) is 4.60. The molecule has 0 bridgehead atoms. The molecule has 0 saturated heterocycles. The summed E-state index contributed by atoms with van der Waals surface area (Å²) in [5.74, 6) is -0.266. The Morgan fingerprint density at radius 2 is 2.04 bits per heavy atom. The molecule has 3 aromatic rings. The van der Waals surface area contributed by atoms with Crippen LogP contribution in [0.25, 0.3) is 21.3 Å². The van der Waals surface area contributed by atoms with E-state index in [0.717, 1.165) is 21.4 Å². The molecule has 146 valence electrons. The van der Waals surface area contributed by atoms with Crippen LogP contribution in [-0.4, -0.2) is 36.3 Å². The second-order valence-electron chi connectivity index (χ2n) is 5.82. The van der Waals surface area contributed by atoms with Crippen molar-refractivity contribution in [1.29, 1.82) is 0 Å². The van der Waals surface area contributed by atoms with Crippen molar-refractivity contribution in [2.24, 2.45) is 0 Å². The molecule has 1 N–H and O–H groups in total. The van der Waals surface area contributed by atoms with Gasteiger partial charge in [-0.05, 0) is 36.3 Å². The molecule has 0 aliphatic rings. The van der Waals surface area contributed by atoms with E-state index in [1.165, 1.54) is 7.11 Å². The van der Waals surface area contributed by atoms with E-state index in [0.29, 0.717) is 27.3 Å². The third-order valence-corrected chi connectivity index (χ3v) is 5.88. The first-order chi connectivity index (χ1) is 13.4. The number of carbonyl (C=O) groups excluding carboxylic acids is 1. The van der Waals surface area contributed by atoms with Crippen LogP contribution in [0.1, 0.15) is 26.6 Å². The summed E-state index contributed by atoms with van der Waals surface area (Å²) in [6.45, 7) is 2.14. The van der Waals surface area contributed by atoms with Gasteiger partial charge in [0.15, 0.2) is 5.82 Å². The zero-order valence-electron chi connectivity index (χ0n) is 15.0. The topological polar surface area (TPSA) is 81.3 Å². The van der Waals surface area contributed by atoms with Gasteiger partial charge >= 0.3 is 5.97 Å². The van der Waals surface area contributed by atoms with E-state index in [4.69, 9.17) is 21.1 Å². The van der Waals surface area contributed by atoms with Gasteiger partial charge in [-0.25, -0.2) is 9.78 Å². The number of esters is 1. The SMILES string of the molecule is COCCOC(=O)c1sc2nc(/C(Cl)=C/c3ccc(Br)cc3)[nH]c(=O)c2c1C. The molecule has 0 aliphatic heterocycles. The lowest BCUT2D eigenvalue weighted by Gasteiger charge is -2.02. The number of halogens is 2. The minimum Gasteiger partial charge on any atom is -0.459 e. The van der Waals surface area contributed by atoms with Crippen molar-refractivity contribution in [3.8, 4) is 0 Å². The number of methoxy groups -OCH3 is 1. The fraction of sp³-hybridized carbons (Fsp3) is 0.211. The van der Waals surface area contributed by atoms with Gasteiger partial charge in [0.2, 0.25) is 0 Å². The van der Waals surface area contributed by atoms with Gasteiger partial charge in [-0.15, -0.1) is 11.3 Å². The van der Waals surface area contributed by atoms with Crippen molar-refractivity contribution in [1.82, 2.24) is 9.97 Å². The van der Waals surface area contributed by atoms with E-state index < -0.39 is 5.97 Å². The molecule has 2 heterocycles. The number of thiophene rings is 1. The molecule has 0 aliphatic carbocycles. The largest absolute Gasteiger partial charge is 0.459 e. The van der Waals surface area contributed by atoms with Gasteiger partial charge in [0.1, 0.15) is 16.3 Å². The molecular weight excluding hydrogens is 468 g/mol. The molecule has 6 nitrogen and oxygen atoms in total. The van der Waals surface area contributed by atoms with Crippen molar-refractivity contribution in [2.45, 2.75) is 6.92 Å². The number of hydrogen-bond acceptors (Lipinski definition) is 6. The highest BCUT2D eigenvalue weighted by Crippen LogP contribution is 2.29. The highest BCUT2D eigenvalue weighted by molar-refractivity contribution is 9.10. The van der Waals surface area contributed by atoms with Crippen LogP contribution in [-0.2, 0) is 9.47 Å². The third kappa shape index (κ3) is 4.52. The maximum Gasteiger partial charge on any atom is 0.348 e. The van der Waals surface area contributed by atoms with Crippen molar-refractivity contribution in [3.05, 3.63) is 60.9 Å². The van der Waals surface area contributed by atoms with Gasteiger partial charge in [0, 0.05) is 11.6 Å². The number of aryl methyl sites for hydroxylation is 1. The number of carbonyl (C=O) groups is 1. The van der Waals surface area contributed by atoms with Gasteiger partial charge in [-0.2, -0.15) is 0 Å². The zero-order chi connectivity index (χ0) is 20.3. The van der Waals surface area contributed by atoms with Crippen LogP contribution in [0.15, 0.2) is 33.5 Å². The summed E-state index contributed by atoms with van der Waals surface area (Å²) >= 11 is 10.8. The van der Waals surface area contributed by atoms with Crippen molar-refractivity contribution in [3.63, 3.8) is 0 Å². The maximum absolute atomic E-state index is 12.6. The number of rotatable bonds is 6. The molecule has 3 rings (SSSR count). The molecule has 1 aromatic carbocycles. The maximum atomic E-state index is 12.6. The van der Waals surface area contributed by atoms with Gasteiger partial charge in [0.25, 0.3) is 5.56 Å². The number of H-pyrrole nitrogens is 1. The first kappa shape index (κ1) is 20.7. The summed E-state index contributed by atoms with van der Waals surface area (Å²) in [5.41, 5.74) is 1.04. The number of fused-ring (bicyclic) bond motifs is 1. The van der Waals surface area contributed by atoms with Gasteiger partial charge in [0.05, 0.1) is 17.0 Å². The van der Waals surface area contributed by atoms with Gasteiger partial charge < -0.3 is 14.5 Å². The lowest BCUT2D eigenvalue weighted by atomic mass is 10.2. The standard InChI is InChI=1S/C19H16BrClN2O4S/c1-10-14-17(24)22-16(13(21)9-11-3-5-12(20)6-4-11)23-18(14)28-15(10)19(25)27-8-7-26-2/h3-6,9H,7-8H2,1-2H3,(H,22,23,24)/b13-9-. The lowest BCUT2D eigenvalue weighted by Crippen LogP contribution is -2.11. The average molecular weight is 484 g/mol. The Kier molecular flexibility index (Phi) is 6.66. The van der Waals surface area contributed by atoms with Crippen LogP contribution in [0.5, 0.6) is 0 Å². The van der Waals surface area contributed by atoms with E-state index in [-0.39, 0.29) is 23.0 Å². The van der Waals surface area contributed by atoms with Crippen LogP contribution < -0.4 is 5.56 Å². The molecule has 0 amide bonds. The van der Waals surface area contributed by atoms with Crippen LogP contribution >= 0.6 is 38.9 Å². The summed E-state index contributed by atoms with van der Waals surface area (Å²) < 4.78 is 11.0. The number of nitrogens with zero attached hydrogens (tertiary/aromatic N) is 1. The van der Waals surface area contributed by atoms with E-state index in [1.54, 1.807) is 13.0 Å². The second-order valence-corrected chi connectivity index (χ2v) is 8.15. The quantitative estimate of drug-likeness (QED) is 0.409. The smallest absolute Gasteiger partial charge is 0.348 e. The first-order valence-corrected chi connectivity index (χ1v) is 10.2. The number of benzene rings is 1. The molecule has 0 saturated carbocycles. The Balaban J connectivity index is 1.97. The second kappa shape index (κ2) is 9.00. The molecule has 0 radical (unpaired) electrons. The number of nitrogens with one attached hydrogen (secondary N) is 1. The summed E-state index contributed by atoms with van der Waals surface area (Å²) in [5, 5.41) is 0.650. The van der Waals surface area contributed by atoms with Crippen molar-refractivity contribution >= 4 is 66.2 Å². The Morgan fingerprint density at radius 3 is 2.71 bits per heavy atom. The third-order valence-electron chi connectivity index (χ3n) is 3.90. The molecule has 0 atom stereocenters. The molecule has 28 heavy (non-hydrogen) atoms. The summed E-state index contributed by atoms with van der Waals surface area (Å²) in [6, 6.07) is 7.54. The normalized spacial score (nSPS) is 11.8. The summed E-state index contributed by atoms with van der Waals surface area (Å²) in [6.07, 6.45) is 1.71. The highest BCUT2D eigenvalue weighted by atomic mass is 79.9. The average Bonchev–Trinajstić information content (AvgIpc) is 3.01. The lowest BCUT2D eigenvalue weighted by molar-refractivity contribution is 0.0393. The monoisotopic (exact) mass is 482 g/mol. The van der Waals surface area contributed by atoms with Crippen LogP contribution in [0.3, 0.4) is 0 Å². The number of aromatic amines is 1. The van der Waals surface area contributed by atoms with Gasteiger partial charge in [-0.1, -0.05) is 39.7 Å². The molecule has 0 fully saturated rings.